The Labute approximate surface area is 164 Å². The van der Waals surface area contributed by atoms with Gasteiger partial charge in [-0.1, -0.05) is 0 Å². The van der Waals surface area contributed by atoms with Gasteiger partial charge >= 0.3 is 6.09 Å². The molecule has 8 nitrogen and oxygen atoms in total. The van der Waals surface area contributed by atoms with Crippen molar-refractivity contribution in [3.8, 4) is 5.75 Å². The molecule has 1 fully saturated rings. The lowest BCUT2D eigenvalue weighted by molar-refractivity contribution is -0.0798. The number of aromatic nitrogens is 3. The van der Waals surface area contributed by atoms with Gasteiger partial charge < -0.3 is 14.2 Å². The Morgan fingerprint density at radius 2 is 1.96 bits per heavy atom. The van der Waals surface area contributed by atoms with Gasteiger partial charge in [-0.2, -0.15) is 0 Å². The van der Waals surface area contributed by atoms with Crippen molar-refractivity contribution in [2.75, 3.05) is 13.2 Å². The predicted molar refractivity (Wildman–Crippen MR) is 102 cm³/mol. The van der Waals surface area contributed by atoms with Gasteiger partial charge in [0.05, 0.1) is 37.7 Å². The molecule has 1 saturated heterocycles. The normalized spacial score (nSPS) is 15.4. The molecule has 8 heteroatoms. The van der Waals surface area contributed by atoms with Gasteiger partial charge in [-0.15, -0.1) is 0 Å². The summed E-state index contributed by atoms with van der Waals surface area (Å²) in [5.41, 5.74) is 0.105. The number of nitrogens with zero attached hydrogens (tertiary/aromatic N) is 4. The second-order valence-electron chi connectivity index (χ2n) is 7.65. The lowest BCUT2D eigenvalue weighted by Crippen LogP contribution is -2.39. The molecule has 3 heterocycles. The maximum atomic E-state index is 12.8. The molecule has 0 spiro atoms. The second-order valence-corrected chi connectivity index (χ2v) is 7.65. The van der Waals surface area contributed by atoms with Gasteiger partial charge in [-0.25, -0.2) is 14.8 Å². The number of carbonyl (C=O) groups excluding carboxylic acids is 1. The van der Waals surface area contributed by atoms with Gasteiger partial charge in [0.15, 0.2) is 5.82 Å². The van der Waals surface area contributed by atoms with E-state index in [0.717, 1.165) is 0 Å². The van der Waals surface area contributed by atoms with E-state index in [1.165, 1.54) is 0 Å². The minimum atomic E-state index is -0.609. The van der Waals surface area contributed by atoms with E-state index in [-0.39, 0.29) is 18.7 Å². The monoisotopic (exact) mass is 386 g/mol. The molecule has 1 atom stereocenters. The molecule has 0 aliphatic carbocycles. The number of hydrogen-bond acceptors (Lipinski definition) is 7. The molecule has 0 N–H and O–H groups in total. The highest BCUT2D eigenvalue weighted by Crippen LogP contribution is 2.23. The number of amides is 1. The van der Waals surface area contributed by atoms with Crippen molar-refractivity contribution in [3.05, 3.63) is 48.3 Å². The van der Waals surface area contributed by atoms with E-state index in [1.54, 1.807) is 29.6 Å². The summed E-state index contributed by atoms with van der Waals surface area (Å²) in [4.78, 5) is 27.4. The molecule has 0 bridgehead atoms. The SMILES string of the molecule is C[C@H](c1ncccn1)N(Cc1ccc(OC2COC2)cn1)C(=O)OC(C)(C)C. The molecule has 2 aromatic heterocycles. The summed E-state index contributed by atoms with van der Waals surface area (Å²) < 4.78 is 16.4. The molecule has 0 saturated carbocycles. The largest absolute Gasteiger partial charge is 0.484 e. The third-order valence-electron chi connectivity index (χ3n) is 4.10. The Morgan fingerprint density at radius 1 is 1.25 bits per heavy atom. The van der Waals surface area contributed by atoms with Crippen LogP contribution in [0.3, 0.4) is 0 Å². The topological polar surface area (TPSA) is 86.7 Å². The number of rotatable bonds is 6. The standard InChI is InChI=1S/C20H26N4O4/c1-14(18-21-8-5-9-22-18)24(19(25)28-20(2,3)4)11-15-6-7-16(10-23-15)27-17-12-26-13-17/h5-10,14,17H,11-13H2,1-4H3/t14-/m1/s1. The van der Waals surface area contributed by atoms with E-state index in [2.05, 4.69) is 15.0 Å². The first-order valence-electron chi connectivity index (χ1n) is 9.28. The Bertz CT molecular complexity index is 773. The molecule has 1 amide bonds. The summed E-state index contributed by atoms with van der Waals surface area (Å²) in [6, 6.07) is 5.05. The summed E-state index contributed by atoms with van der Waals surface area (Å²) in [5, 5.41) is 0. The summed E-state index contributed by atoms with van der Waals surface area (Å²) in [5.74, 6) is 1.22. The van der Waals surface area contributed by atoms with Crippen LogP contribution in [-0.2, 0) is 16.0 Å². The molecule has 1 aliphatic heterocycles. The zero-order chi connectivity index (χ0) is 20.1. The van der Waals surface area contributed by atoms with Crippen LogP contribution in [0.1, 0.15) is 45.3 Å². The zero-order valence-corrected chi connectivity index (χ0v) is 16.7. The predicted octanol–water partition coefficient (Wildman–Crippen LogP) is 3.15. The smallest absolute Gasteiger partial charge is 0.411 e. The molecule has 1 aliphatic rings. The lowest BCUT2D eigenvalue weighted by atomic mass is 10.2. The number of ether oxygens (including phenoxy) is 3. The van der Waals surface area contributed by atoms with Crippen molar-refractivity contribution in [1.82, 2.24) is 19.9 Å². The average Bonchev–Trinajstić information content (AvgIpc) is 2.62. The fourth-order valence-corrected chi connectivity index (χ4v) is 2.57. The minimum Gasteiger partial charge on any atom is -0.484 e. The van der Waals surface area contributed by atoms with Crippen molar-refractivity contribution < 1.29 is 19.0 Å². The van der Waals surface area contributed by atoms with Crippen LogP contribution in [0.25, 0.3) is 0 Å². The van der Waals surface area contributed by atoms with Crippen molar-refractivity contribution in [2.24, 2.45) is 0 Å². The van der Waals surface area contributed by atoms with E-state index < -0.39 is 11.7 Å². The summed E-state index contributed by atoms with van der Waals surface area (Å²) >= 11 is 0. The molecule has 0 radical (unpaired) electrons. The highest BCUT2D eigenvalue weighted by Gasteiger charge is 2.29. The highest BCUT2D eigenvalue weighted by atomic mass is 16.6. The van der Waals surface area contributed by atoms with Gasteiger partial charge in [-0.05, 0) is 45.9 Å². The summed E-state index contributed by atoms with van der Waals surface area (Å²) in [7, 11) is 0. The van der Waals surface area contributed by atoms with Crippen LogP contribution in [0, 0.1) is 0 Å². The molecule has 0 aromatic carbocycles. The Morgan fingerprint density at radius 3 is 2.50 bits per heavy atom. The van der Waals surface area contributed by atoms with Gasteiger partial charge in [-0.3, -0.25) is 9.88 Å². The Hall–Kier alpha value is -2.74. The molecule has 0 unspecified atom stereocenters. The van der Waals surface area contributed by atoms with Crippen molar-refractivity contribution in [2.45, 2.75) is 52.0 Å². The molecule has 2 aromatic rings. The number of hydrogen-bond donors (Lipinski definition) is 0. The Kier molecular flexibility index (Phi) is 6.08. The van der Waals surface area contributed by atoms with E-state index in [4.69, 9.17) is 14.2 Å². The van der Waals surface area contributed by atoms with Crippen LogP contribution < -0.4 is 4.74 Å². The third kappa shape index (κ3) is 5.39. The number of carbonyl (C=O) groups is 1. The number of pyridine rings is 1. The third-order valence-corrected chi connectivity index (χ3v) is 4.10. The maximum absolute atomic E-state index is 12.8. The average molecular weight is 386 g/mol. The molecule has 150 valence electrons. The summed E-state index contributed by atoms with van der Waals surface area (Å²) in [6.45, 7) is 8.84. The molecular weight excluding hydrogens is 360 g/mol. The van der Waals surface area contributed by atoms with E-state index >= 15 is 0 Å². The van der Waals surface area contributed by atoms with Gasteiger partial charge in [0.1, 0.15) is 17.5 Å². The fraction of sp³-hybridized carbons (Fsp3) is 0.500. The van der Waals surface area contributed by atoms with Crippen molar-refractivity contribution in [3.63, 3.8) is 0 Å². The van der Waals surface area contributed by atoms with Crippen molar-refractivity contribution >= 4 is 6.09 Å². The van der Waals surface area contributed by atoms with E-state index in [9.17, 15) is 4.79 Å². The maximum Gasteiger partial charge on any atom is 0.411 e. The second kappa shape index (κ2) is 8.52. The fourth-order valence-electron chi connectivity index (χ4n) is 2.57. The molecule has 28 heavy (non-hydrogen) atoms. The van der Waals surface area contributed by atoms with E-state index in [0.29, 0.717) is 30.5 Å². The lowest BCUT2D eigenvalue weighted by Gasteiger charge is -2.31. The van der Waals surface area contributed by atoms with Crippen LogP contribution in [0.4, 0.5) is 4.79 Å². The van der Waals surface area contributed by atoms with E-state index in [1.807, 2.05) is 39.8 Å². The quantitative estimate of drug-likeness (QED) is 0.754. The highest BCUT2D eigenvalue weighted by molar-refractivity contribution is 5.68. The summed E-state index contributed by atoms with van der Waals surface area (Å²) in [6.07, 6.45) is 4.61. The van der Waals surface area contributed by atoms with Gasteiger partial charge in [0, 0.05) is 12.4 Å². The van der Waals surface area contributed by atoms with Crippen LogP contribution in [0.5, 0.6) is 5.75 Å². The molecule has 3 rings (SSSR count). The van der Waals surface area contributed by atoms with Crippen LogP contribution in [-0.4, -0.2) is 50.9 Å². The molecular formula is C20H26N4O4. The first-order chi connectivity index (χ1) is 13.3. The minimum absolute atomic E-state index is 0.0844. The van der Waals surface area contributed by atoms with Crippen LogP contribution in [0.2, 0.25) is 0 Å². The van der Waals surface area contributed by atoms with Gasteiger partial charge in [0.2, 0.25) is 0 Å². The van der Waals surface area contributed by atoms with Crippen molar-refractivity contribution in [1.29, 1.82) is 0 Å². The van der Waals surface area contributed by atoms with Gasteiger partial charge in [0.25, 0.3) is 0 Å². The Balaban J connectivity index is 1.75. The van der Waals surface area contributed by atoms with Crippen LogP contribution >= 0.6 is 0 Å². The first-order valence-corrected chi connectivity index (χ1v) is 9.28. The first kappa shape index (κ1) is 20.0. The zero-order valence-electron chi connectivity index (χ0n) is 16.7. The van der Waals surface area contributed by atoms with Crippen LogP contribution in [0.15, 0.2) is 36.8 Å².